The SMILES string of the molecule is CSc1cccc(Sc2ccccc2[N+](=O)[O-])c1C#N. The van der Waals surface area contributed by atoms with Crippen LogP contribution < -0.4 is 0 Å². The quantitative estimate of drug-likeness (QED) is 0.477. The van der Waals surface area contributed by atoms with Gasteiger partial charge in [-0.1, -0.05) is 30.0 Å². The lowest BCUT2D eigenvalue weighted by Crippen LogP contribution is -1.91. The summed E-state index contributed by atoms with van der Waals surface area (Å²) >= 11 is 2.73. The van der Waals surface area contributed by atoms with Crippen LogP contribution in [0.4, 0.5) is 5.69 Å². The van der Waals surface area contributed by atoms with Crippen LogP contribution in [-0.2, 0) is 0 Å². The Kier molecular flexibility index (Phi) is 4.66. The standard InChI is InChI=1S/C14H10N2O2S2/c1-19-12-7-4-8-13(10(12)9-15)20-14-6-3-2-5-11(14)16(17)18/h2-8H,1H3. The van der Waals surface area contributed by atoms with Crippen molar-refractivity contribution in [2.24, 2.45) is 0 Å². The lowest BCUT2D eigenvalue weighted by Gasteiger charge is -2.07. The molecule has 0 aliphatic heterocycles. The van der Waals surface area contributed by atoms with E-state index < -0.39 is 4.92 Å². The van der Waals surface area contributed by atoms with Crippen molar-refractivity contribution >= 4 is 29.2 Å². The van der Waals surface area contributed by atoms with Crippen LogP contribution in [0.1, 0.15) is 5.56 Å². The van der Waals surface area contributed by atoms with Gasteiger partial charge in [0.2, 0.25) is 0 Å². The monoisotopic (exact) mass is 302 g/mol. The molecule has 0 aliphatic carbocycles. The molecule has 0 unspecified atom stereocenters. The van der Waals surface area contributed by atoms with Gasteiger partial charge in [0.05, 0.1) is 15.4 Å². The molecule has 0 bridgehead atoms. The zero-order chi connectivity index (χ0) is 14.5. The van der Waals surface area contributed by atoms with Crippen LogP contribution in [0.3, 0.4) is 0 Å². The molecule has 0 atom stereocenters. The summed E-state index contributed by atoms with van der Waals surface area (Å²) in [5.41, 5.74) is 0.610. The van der Waals surface area contributed by atoms with Crippen molar-refractivity contribution in [2.75, 3.05) is 6.26 Å². The van der Waals surface area contributed by atoms with Gasteiger partial charge >= 0.3 is 0 Å². The molecule has 100 valence electrons. The predicted octanol–water partition coefficient (Wildman–Crippen LogP) is 4.34. The zero-order valence-electron chi connectivity index (χ0n) is 10.6. The number of nitro benzene ring substituents is 1. The highest BCUT2D eigenvalue weighted by molar-refractivity contribution is 8.00. The molecule has 0 spiro atoms. The smallest absolute Gasteiger partial charge is 0.258 e. The molecular weight excluding hydrogens is 292 g/mol. The summed E-state index contributed by atoms with van der Waals surface area (Å²) < 4.78 is 0. The Morgan fingerprint density at radius 3 is 2.40 bits per heavy atom. The molecule has 0 amide bonds. The number of nitro groups is 1. The minimum absolute atomic E-state index is 0.0518. The summed E-state index contributed by atoms with van der Waals surface area (Å²) in [5, 5.41) is 20.3. The summed E-state index contributed by atoms with van der Waals surface area (Å²) in [5.74, 6) is 0. The van der Waals surface area contributed by atoms with E-state index in [2.05, 4.69) is 6.07 Å². The van der Waals surface area contributed by atoms with Crippen LogP contribution in [0.5, 0.6) is 0 Å². The molecule has 2 aromatic rings. The third kappa shape index (κ3) is 2.95. The van der Waals surface area contributed by atoms with E-state index in [-0.39, 0.29) is 5.69 Å². The third-order valence-electron chi connectivity index (χ3n) is 2.60. The molecule has 0 saturated heterocycles. The van der Waals surface area contributed by atoms with Gasteiger partial charge in [0.1, 0.15) is 6.07 Å². The largest absolute Gasteiger partial charge is 0.283 e. The van der Waals surface area contributed by atoms with Crippen LogP contribution in [0.25, 0.3) is 0 Å². The van der Waals surface area contributed by atoms with E-state index >= 15 is 0 Å². The second-order valence-corrected chi connectivity index (χ2v) is 5.70. The van der Waals surface area contributed by atoms with Gasteiger partial charge in [-0.2, -0.15) is 5.26 Å². The van der Waals surface area contributed by atoms with Crippen molar-refractivity contribution in [1.82, 2.24) is 0 Å². The van der Waals surface area contributed by atoms with Crippen LogP contribution in [0.2, 0.25) is 0 Å². The molecule has 4 nitrogen and oxygen atoms in total. The van der Waals surface area contributed by atoms with Gasteiger partial charge in [-0.3, -0.25) is 10.1 Å². The first-order valence-electron chi connectivity index (χ1n) is 5.65. The third-order valence-corrected chi connectivity index (χ3v) is 4.51. The molecule has 2 rings (SSSR count). The van der Waals surface area contributed by atoms with Gasteiger partial charge in [0.25, 0.3) is 5.69 Å². The van der Waals surface area contributed by atoms with E-state index in [4.69, 9.17) is 0 Å². The van der Waals surface area contributed by atoms with Crippen LogP contribution in [0, 0.1) is 21.4 Å². The van der Waals surface area contributed by atoms with Crippen molar-refractivity contribution in [3.63, 3.8) is 0 Å². The second-order valence-electron chi connectivity index (χ2n) is 3.77. The van der Waals surface area contributed by atoms with E-state index in [0.717, 1.165) is 9.79 Å². The highest BCUT2D eigenvalue weighted by Crippen LogP contribution is 2.38. The predicted molar refractivity (Wildman–Crippen MR) is 80.2 cm³/mol. The lowest BCUT2D eigenvalue weighted by molar-refractivity contribution is -0.387. The molecular formula is C14H10N2O2S2. The molecule has 0 N–H and O–H groups in total. The minimum Gasteiger partial charge on any atom is -0.258 e. The Labute approximate surface area is 125 Å². The Morgan fingerprint density at radius 1 is 1.10 bits per heavy atom. The molecule has 0 fully saturated rings. The number of rotatable bonds is 4. The van der Waals surface area contributed by atoms with Crippen molar-refractivity contribution in [3.05, 3.63) is 58.1 Å². The fourth-order valence-electron chi connectivity index (χ4n) is 1.69. The Balaban J connectivity index is 2.46. The maximum Gasteiger partial charge on any atom is 0.283 e. The summed E-state index contributed by atoms with van der Waals surface area (Å²) in [4.78, 5) is 12.7. The van der Waals surface area contributed by atoms with Crippen LogP contribution in [-0.4, -0.2) is 11.2 Å². The molecule has 0 aromatic heterocycles. The fraction of sp³-hybridized carbons (Fsp3) is 0.0714. The van der Waals surface area contributed by atoms with Crippen molar-refractivity contribution in [2.45, 2.75) is 14.7 Å². The Bertz CT molecular complexity index is 696. The van der Waals surface area contributed by atoms with Gasteiger partial charge in [-0.05, 0) is 24.5 Å². The number of hydrogen-bond donors (Lipinski definition) is 0. The van der Waals surface area contributed by atoms with E-state index in [0.29, 0.717) is 10.5 Å². The first-order valence-corrected chi connectivity index (χ1v) is 7.70. The van der Waals surface area contributed by atoms with Crippen LogP contribution >= 0.6 is 23.5 Å². The number of nitrogens with zero attached hydrogens (tertiary/aromatic N) is 2. The van der Waals surface area contributed by atoms with Gasteiger partial charge in [-0.15, -0.1) is 11.8 Å². The molecule has 2 aromatic carbocycles. The number of benzene rings is 2. The van der Waals surface area contributed by atoms with Crippen LogP contribution in [0.15, 0.2) is 57.2 Å². The summed E-state index contributed by atoms with van der Waals surface area (Å²) in [7, 11) is 0. The number of thioether (sulfide) groups is 1. The first kappa shape index (κ1) is 14.4. The van der Waals surface area contributed by atoms with Gasteiger partial charge < -0.3 is 0 Å². The van der Waals surface area contributed by atoms with Gasteiger partial charge in [-0.25, -0.2) is 0 Å². The minimum atomic E-state index is -0.410. The van der Waals surface area contributed by atoms with E-state index in [9.17, 15) is 15.4 Å². The van der Waals surface area contributed by atoms with Gasteiger partial charge in [0.15, 0.2) is 0 Å². The number of para-hydroxylation sites is 1. The summed E-state index contributed by atoms with van der Waals surface area (Å²) in [6, 6.07) is 14.2. The Morgan fingerprint density at radius 2 is 1.75 bits per heavy atom. The van der Waals surface area contributed by atoms with Crippen molar-refractivity contribution in [1.29, 1.82) is 5.26 Å². The Hall–Kier alpha value is -1.97. The second kappa shape index (κ2) is 6.46. The lowest BCUT2D eigenvalue weighted by atomic mass is 10.2. The van der Waals surface area contributed by atoms with E-state index in [1.807, 2.05) is 18.4 Å². The molecule has 6 heteroatoms. The average Bonchev–Trinajstić information content (AvgIpc) is 2.47. The maximum absolute atomic E-state index is 11.0. The molecule has 0 aliphatic rings. The fourth-order valence-corrected chi connectivity index (χ4v) is 3.36. The number of hydrogen-bond acceptors (Lipinski definition) is 5. The van der Waals surface area contributed by atoms with Crippen molar-refractivity contribution < 1.29 is 4.92 Å². The topological polar surface area (TPSA) is 66.9 Å². The molecule has 0 saturated carbocycles. The normalized spacial score (nSPS) is 10.0. The highest BCUT2D eigenvalue weighted by atomic mass is 32.2. The van der Waals surface area contributed by atoms with Gasteiger partial charge in [0, 0.05) is 15.9 Å². The first-order chi connectivity index (χ1) is 9.67. The van der Waals surface area contributed by atoms with Crippen molar-refractivity contribution in [3.8, 4) is 6.07 Å². The summed E-state index contributed by atoms with van der Waals surface area (Å²) in [6.07, 6.45) is 1.90. The molecule has 20 heavy (non-hydrogen) atoms. The van der Waals surface area contributed by atoms with E-state index in [1.165, 1.54) is 29.6 Å². The summed E-state index contributed by atoms with van der Waals surface area (Å²) in [6.45, 7) is 0. The highest BCUT2D eigenvalue weighted by Gasteiger charge is 2.16. The molecule has 0 heterocycles. The average molecular weight is 302 g/mol. The van der Waals surface area contributed by atoms with E-state index in [1.54, 1.807) is 24.3 Å². The molecule has 0 radical (unpaired) electrons. The maximum atomic E-state index is 11.0. The zero-order valence-corrected chi connectivity index (χ0v) is 12.2. The number of nitriles is 1.